The summed E-state index contributed by atoms with van der Waals surface area (Å²) < 4.78 is 12.6. The quantitative estimate of drug-likeness (QED) is 0.612. The molecule has 3 rings (SSSR count). The summed E-state index contributed by atoms with van der Waals surface area (Å²) in [5, 5.41) is 11.7. The Labute approximate surface area is 162 Å². The van der Waals surface area contributed by atoms with Crippen LogP contribution >= 0.6 is 11.8 Å². The molecular formula is C19H22N4O3S. The summed E-state index contributed by atoms with van der Waals surface area (Å²) in [5.41, 5.74) is 0.717. The minimum atomic E-state index is -0.349. The highest BCUT2D eigenvalue weighted by atomic mass is 32.2. The fourth-order valence-electron chi connectivity index (χ4n) is 2.53. The molecule has 0 radical (unpaired) electrons. The number of amides is 1. The number of nitrogens with zero attached hydrogens (tertiary/aromatic N) is 3. The molecule has 0 aliphatic heterocycles. The van der Waals surface area contributed by atoms with Crippen molar-refractivity contribution in [2.75, 3.05) is 12.4 Å². The lowest BCUT2D eigenvalue weighted by Crippen LogP contribution is -2.23. The van der Waals surface area contributed by atoms with Gasteiger partial charge >= 0.3 is 0 Å². The molecule has 27 heavy (non-hydrogen) atoms. The fraction of sp³-hybridized carbons (Fsp3) is 0.316. The van der Waals surface area contributed by atoms with Gasteiger partial charge in [0.25, 0.3) is 0 Å². The second-order valence-corrected chi connectivity index (χ2v) is 7.53. The first-order chi connectivity index (χ1) is 13.0. The van der Waals surface area contributed by atoms with Crippen molar-refractivity contribution < 1.29 is 13.9 Å². The number of anilines is 1. The highest BCUT2D eigenvalue weighted by Gasteiger charge is 2.23. The van der Waals surface area contributed by atoms with Gasteiger partial charge in [-0.1, -0.05) is 11.8 Å². The van der Waals surface area contributed by atoms with E-state index in [-0.39, 0.29) is 17.2 Å². The van der Waals surface area contributed by atoms with Crippen LogP contribution in [0.25, 0.3) is 11.6 Å². The third-order valence-electron chi connectivity index (χ3n) is 3.93. The van der Waals surface area contributed by atoms with Crippen molar-refractivity contribution in [2.45, 2.75) is 37.2 Å². The molecule has 1 atom stereocenters. The van der Waals surface area contributed by atoms with E-state index in [9.17, 15) is 4.79 Å². The number of nitrogens with one attached hydrogen (secondary N) is 1. The number of hydrogen-bond donors (Lipinski definition) is 1. The number of ether oxygens (including phenoxy) is 1. The van der Waals surface area contributed by atoms with Gasteiger partial charge in [0.05, 0.1) is 18.6 Å². The first kappa shape index (κ1) is 19.0. The van der Waals surface area contributed by atoms with Gasteiger partial charge in [-0.05, 0) is 57.2 Å². The maximum Gasteiger partial charge on any atom is 0.237 e. The molecule has 0 aliphatic rings. The SMILES string of the molecule is COc1ccc(NC(=O)[C@H](C)Sc2nnc(-c3ccco3)n2C(C)C)cc1. The molecule has 0 unspecified atom stereocenters. The van der Waals surface area contributed by atoms with Crippen LogP contribution in [0.4, 0.5) is 5.69 Å². The van der Waals surface area contributed by atoms with E-state index in [1.165, 1.54) is 11.8 Å². The molecule has 1 amide bonds. The number of aromatic nitrogens is 3. The summed E-state index contributed by atoms with van der Waals surface area (Å²) >= 11 is 1.36. The Balaban J connectivity index is 1.73. The highest BCUT2D eigenvalue weighted by Crippen LogP contribution is 2.30. The summed E-state index contributed by atoms with van der Waals surface area (Å²) in [6.07, 6.45) is 1.60. The van der Waals surface area contributed by atoms with Gasteiger partial charge in [-0.25, -0.2) is 0 Å². The number of rotatable bonds is 7. The van der Waals surface area contributed by atoms with Crippen LogP contribution in [0.2, 0.25) is 0 Å². The van der Waals surface area contributed by atoms with E-state index in [1.54, 1.807) is 37.6 Å². The number of benzene rings is 1. The third kappa shape index (κ3) is 4.33. The molecule has 2 aromatic heterocycles. The predicted molar refractivity (Wildman–Crippen MR) is 105 cm³/mol. The Bertz CT molecular complexity index is 888. The molecule has 0 saturated heterocycles. The van der Waals surface area contributed by atoms with Gasteiger partial charge in [0, 0.05) is 11.7 Å². The first-order valence-corrected chi connectivity index (χ1v) is 9.48. The van der Waals surface area contributed by atoms with Crippen LogP contribution in [0, 0.1) is 0 Å². The first-order valence-electron chi connectivity index (χ1n) is 8.60. The van der Waals surface area contributed by atoms with Crippen LogP contribution in [0.1, 0.15) is 26.8 Å². The van der Waals surface area contributed by atoms with Gasteiger partial charge in [0.15, 0.2) is 10.9 Å². The van der Waals surface area contributed by atoms with Crippen LogP contribution in [-0.2, 0) is 4.79 Å². The molecule has 3 aromatic rings. The van der Waals surface area contributed by atoms with Crippen LogP contribution in [0.15, 0.2) is 52.2 Å². The number of methoxy groups -OCH3 is 1. The van der Waals surface area contributed by atoms with Gasteiger partial charge in [-0.2, -0.15) is 0 Å². The number of thioether (sulfide) groups is 1. The van der Waals surface area contributed by atoms with Crippen molar-refractivity contribution in [1.29, 1.82) is 0 Å². The van der Waals surface area contributed by atoms with E-state index in [4.69, 9.17) is 9.15 Å². The normalized spacial score (nSPS) is 12.2. The van der Waals surface area contributed by atoms with E-state index in [0.29, 0.717) is 16.7 Å². The van der Waals surface area contributed by atoms with Crippen molar-refractivity contribution in [3.63, 3.8) is 0 Å². The number of furan rings is 1. The summed E-state index contributed by atoms with van der Waals surface area (Å²) in [5.74, 6) is 1.94. The maximum absolute atomic E-state index is 12.5. The summed E-state index contributed by atoms with van der Waals surface area (Å²) in [4.78, 5) is 12.5. The van der Waals surface area contributed by atoms with Gasteiger partial charge in [-0.15, -0.1) is 10.2 Å². The zero-order valence-corrected chi connectivity index (χ0v) is 16.5. The lowest BCUT2D eigenvalue weighted by molar-refractivity contribution is -0.115. The number of carbonyl (C=O) groups is 1. The van der Waals surface area contributed by atoms with Gasteiger partial charge in [0.1, 0.15) is 5.75 Å². The average Bonchev–Trinajstić information content (AvgIpc) is 3.31. The molecule has 7 nitrogen and oxygen atoms in total. The summed E-state index contributed by atoms with van der Waals surface area (Å²) in [6.45, 7) is 5.93. The minimum Gasteiger partial charge on any atom is -0.497 e. The van der Waals surface area contributed by atoms with Crippen molar-refractivity contribution in [3.8, 4) is 17.3 Å². The Morgan fingerprint density at radius 1 is 1.19 bits per heavy atom. The second kappa shape index (κ2) is 8.30. The average molecular weight is 386 g/mol. The van der Waals surface area contributed by atoms with Gasteiger partial charge in [-0.3, -0.25) is 9.36 Å². The molecule has 0 aliphatic carbocycles. The van der Waals surface area contributed by atoms with E-state index < -0.39 is 0 Å². The Kier molecular flexibility index (Phi) is 5.85. The molecule has 1 N–H and O–H groups in total. The zero-order valence-electron chi connectivity index (χ0n) is 15.7. The van der Waals surface area contributed by atoms with Crippen LogP contribution in [0.3, 0.4) is 0 Å². The smallest absolute Gasteiger partial charge is 0.237 e. The lowest BCUT2D eigenvalue weighted by Gasteiger charge is -2.15. The highest BCUT2D eigenvalue weighted by molar-refractivity contribution is 8.00. The summed E-state index contributed by atoms with van der Waals surface area (Å²) in [7, 11) is 1.61. The Hall–Kier alpha value is -2.74. The molecular weight excluding hydrogens is 364 g/mol. The second-order valence-electron chi connectivity index (χ2n) is 6.23. The molecule has 142 valence electrons. The van der Waals surface area contributed by atoms with Crippen LogP contribution in [-0.4, -0.2) is 33.0 Å². The molecule has 0 bridgehead atoms. The van der Waals surface area contributed by atoms with Crippen LogP contribution < -0.4 is 10.1 Å². The summed E-state index contributed by atoms with van der Waals surface area (Å²) in [6, 6.07) is 11.0. The number of carbonyl (C=O) groups excluding carboxylic acids is 1. The monoisotopic (exact) mass is 386 g/mol. The van der Waals surface area contributed by atoms with Crippen molar-refractivity contribution >= 4 is 23.4 Å². The van der Waals surface area contributed by atoms with E-state index in [2.05, 4.69) is 15.5 Å². The maximum atomic E-state index is 12.5. The van der Waals surface area contributed by atoms with Gasteiger partial charge in [0.2, 0.25) is 11.7 Å². The molecule has 2 heterocycles. The number of hydrogen-bond acceptors (Lipinski definition) is 6. The van der Waals surface area contributed by atoms with E-state index >= 15 is 0 Å². The topological polar surface area (TPSA) is 82.2 Å². The van der Waals surface area contributed by atoms with E-state index in [0.717, 1.165) is 11.4 Å². The third-order valence-corrected chi connectivity index (χ3v) is 4.99. The fourth-order valence-corrected chi connectivity index (χ4v) is 3.51. The largest absolute Gasteiger partial charge is 0.497 e. The molecule has 0 fully saturated rings. The van der Waals surface area contributed by atoms with Gasteiger partial charge < -0.3 is 14.5 Å². The zero-order chi connectivity index (χ0) is 19.4. The molecule has 0 spiro atoms. The van der Waals surface area contributed by atoms with Crippen molar-refractivity contribution in [3.05, 3.63) is 42.7 Å². The standard InChI is InChI=1S/C19H22N4O3S/c1-12(2)23-17(16-6-5-11-26-16)21-22-19(23)27-13(3)18(24)20-14-7-9-15(25-4)10-8-14/h5-13H,1-4H3,(H,20,24)/t13-/m0/s1. The van der Waals surface area contributed by atoms with Crippen molar-refractivity contribution in [1.82, 2.24) is 14.8 Å². The van der Waals surface area contributed by atoms with E-state index in [1.807, 2.05) is 37.5 Å². The Morgan fingerprint density at radius 3 is 2.52 bits per heavy atom. The molecule has 1 aromatic carbocycles. The van der Waals surface area contributed by atoms with Crippen molar-refractivity contribution in [2.24, 2.45) is 0 Å². The predicted octanol–water partition coefficient (Wildman–Crippen LogP) is 4.25. The Morgan fingerprint density at radius 2 is 1.93 bits per heavy atom. The van der Waals surface area contributed by atoms with Crippen LogP contribution in [0.5, 0.6) is 5.75 Å². The lowest BCUT2D eigenvalue weighted by atomic mass is 10.3. The minimum absolute atomic E-state index is 0.108. The molecule has 8 heteroatoms. The molecule has 0 saturated carbocycles.